The minimum absolute atomic E-state index is 0.105. The molecule has 0 amide bonds. The molecule has 0 aromatic heterocycles. The van der Waals surface area contributed by atoms with Crippen LogP contribution in [0.5, 0.6) is 0 Å². The van der Waals surface area contributed by atoms with Crippen LogP contribution >= 0.6 is 0 Å². The van der Waals surface area contributed by atoms with Gasteiger partial charge in [0.05, 0.1) is 21.4 Å². The van der Waals surface area contributed by atoms with Gasteiger partial charge in [0.1, 0.15) is 0 Å². The van der Waals surface area contributed by atoms with Gasteiger partial charge in [0.2, 0.25) is 0 Å². The highest BCUT2D eigenvalue weighted by molar-refractivity contribution is 6.39. The zero-order valence-electron chi connectivity index (χ0n) is 11.6. The number of ether oxygens (including phenoxy) is 2. The molecule has 17 heavy (non-hydrogen) atoms. The molecule has 0 aliphatic carbocycles. The highest BCUT2D eigenvalue weighted by Gasteiger charge is 2.22. The largest absolute Gasteiger partial charge is 0.464 e. The van der Waals surface area contributed by atoms with Crippen molar-refractivity contribution >= 4 is 15.5 Å². The van der Waals surface area contributed by atoms with Gasteiger partial charge in [0.15, 0.2) is 0 Å². The van der Waals surface area contributed by atoms with Crippen molar-refractivity contribution in [2.24, 2.45) is 0 Å². The van der Waals surface area contributed by atoms with E-state index >= 15 is 0 Å². The van der Waals surface area contributed by atoms with Crippen LogP contribution in [0.3, 0.4) is 0 Å². The van der Waals surface area contributed by atoms with Gasteiger partial charge < -0.3 is 9.47 Å². The molecule has 0 aliphatic rings. The topological polar surface area (TPSA) is 35.5 Å². The molecular weight excluding hydrogens is 232 g/mol. The molecule has 0 aromatic carbocycles. The second-order valence-electron chi connectivity index (χ2n) is 4.24. The van der Waals surface area contributed by atoms with Crippen LogP contribution in [-0.4, -0.2) is 33.9 Å². The van der Waals surface area contributed by atoms with E-state index in [0.29, 0.717) is 5.54 Å². The maximum Gasteiger partial charge on any atom is 0.330 e. The molecule has 3 unspecified atom stereocenters. The average Bonchev–Trinajstić information content (AvgIpc) is 2.34. The Morgan fingerprint density at radius 3 is 2.41 bits per heavy atom. The SMILES string of the molecule is C=CC(=O)OC(CC)[SiH2]C(CC)C(C)OCC. The summed E-state index contributed by atoms with van der Waals surface area (Å²) < 4.78 is 11.0. The van der Waals surface area contributed by atoms with E-state index in [1.54, 1.807) is 0 Å². The molecule has 0 aliphatic heterocycles. The number of hydrogen-bond acceptors (Lipinski definition) is 3. The van der Waals surface area contributed by atoms with Crippen molar-refractivity contribution in [3.63, 3.8) is 0 Å². The van der Waals surface area contributed by atoms with Gasteiger partial charge in [0.25, 0.3) is 0 Å². The van der Waals surface area contributed by atoms with Crippen molar-refractivity contribution in [2.45, 2.75) is 57.9 Å². The van der Waals surface area contributed by atoms with Gasteiger partial charge in [-0.25, -0.2) is 4.79 Å². The molecule has 0 saturated heterocycles. The molecule has 0 fully saturated rings. The minimum atomic E-state index is -0.496. The predicted molar refractivity (Wildman–Crippen MR) is 74.0 cm³/mol. The molecule has 3 nitrogen and oxygen atoms in total. The molecule has 0 rings (SSSR count). The lowest BCUT2D eigenvalue weighted by molar-refractivity contribution is -0.139. The highest BCUT2D eigenvalue weighted by atomic mass is 28.2. The first kappa shape index (κ1) is 16.4. The van der Waals surface area contributed by atoms with Crippen molar-refractivity contribution in [2.75, 3.05) is 6.61 Å². The maximum atomic E-state index is 11.2. The standard InChI is InChI=1S/C13H26O3Si/c1-6-11(10(5)15-9-4)17-13(8-3)16-12(14)7-2/h7,10-11,13H,2,6,8-9,17H2,1,3-5H3. The van der Waals surface area contributed by atoms with Crippen LogP contribution in [-0.2, 0) is 14.3 Å². The Morgan fingerprint density at radius 1 is 1.35 bits per heavy atom. The third-order valence-electron chi connectivity index (χ3n) is 3.09. The van der Waals surface area contributed by atoms with E-state index in [4.69, 9.17) is 9.47 Å². The van der Waals surface area contributed by atoms with Gasteiger partial charge in [-0.1, -0.05) is 26.8 Å². The second kappa shape index (κ2) is 9.42. The van der Waals surface area contributed by atoms with Crippen LogP contribution in [0.4, 0.5) is 0 Å². The lowest BCUT2D eigenvalue weighted by atomic mass is 10.2. The fraction of sp³-hybridized carbons (Fsp3) is 0.769. The molecule has 0 saturated carbocycles. The molecule has 0 spiro atoms. The van der Waals surface area contributed by atoms with E-state index in [-0.39, 0.29) is 17.8 Å². The van der Waals surface area contributed by atoms with Crippen LogP contribution in [0.2, 0.25) is 5.54 Å². The van der Waals surface area contributed by atoms with Crippen LogP contribution in [0, 0.1) is 0 Å². The average molecular weight is 258 g/mol. The van der Waals surface area contributed by atoms with Crippen LogP contribution in [0.1, 0.15) is 40.5 Å². The third-order valence-corrected chi connectivity index (χ3v) is 6.20. The minimum Gasteiger partial charge on any atom is -0.464 e. The molecule has 0 radical (unpaired) electrons. The smallest absolute Gasteiger partial charge is 0.330 e. The highest BCUT2D eigenvalue weighted by Crippen LogP contribution is 2.20. The van der Waals surface area contributed by atoms with Crippen molar-refractivity contribution < 1.29 is 14.3 Å². The van der Waals surface area contributed by atoms with Gasteiger partial charge in [-0.2, -0.15) is 0 Å². The van der Waals surface area contributed by atoms with Gasteiger partial charge in [0, 0.05) is 12.7 Å². The molecule has 0 N–H and O–H groups in total. The number of carbonyl (C=O) groups is 1. The summed E-state index contributed by atoms with van der Waals surface area (Å²) in [6, 6.07) is 0. The summed E-state index contributed by atoms with van der Waals surface area (Å²) in [6.07, 6.45) is 3.49. The Balaban J connectivity index is 4.29. The van der Waals surface area contributed by atoms with Crippen LogP contribution in [0.15, 0.2) is 12.7 Å². The van der Waals surface area contributed by atoms with Gasteiger partial charge in [-0.15, -0.1) is 0 Å². The first-order valence-corrected chi connectivity index (χ1v) is 8.16. The van der Waals surface area contributed by atoms with Crippen molar-refractivity contribution in [3.8, 4) is 0 Å². The Hall–Kier alpha value is -0.613. The Labute approximate surface area is 107 Å². The van der Waals surface area contributed by atoms with Crippen LogP contribution in [0.25, 0.3) is 0 Å². The van der Waals surface area contributed by atoms with Crippen molar-refractivity contribution in [1.82, 2.24) is 0 Å². The summed E-state index contributed by atoms with van der Waals surface area (Å²) in [6.45, 7) is 12.5. The van der Waals surface area contributed by atoms with E-state index in [1.165, 1.54) is 6.08 Å². The quantitative estimate of drug-likeness (QED) is 0.361. The molecular formula is C13H26O3Si. The fourth-order valence-corrected chi connectivity index (χ4v) is 4.06. The summed E-state index contributed by atoms with van der Waals surface area (Å²) in [7, 11) is -0.496. The Morgan fingerprint density at radius 2 is 2.00 bits per heavy atom. The van der Waals surface area contributed by atoms with Crippen molar-refractivity contribution in [3.05, 3.63) is 12.7 Å². The van der Waals surface area contributed by atoms with E-state index in [1.807, 2.05) is 6.92 Å². The number of carbonyl (C=O) groups excluding carboxylic acids is 1. The Bertz CT molecular complexity index is 231. The number of esters is 1. The lowest BCUT2D eigenvalue weighted by Crippen LogP contribution is -2.31. The van der Waals surface area contributed by atoms with Gasteiger partial charge >= 0.3 is 5.97 Å². The second-order valence-corrected chi connectivity index (χ2v) is 6.67. The monoisotopic (exact) mass is 258 g/mol. The first-order valence-electron chi connectivity index (χ1n) is 6.53. The van der Waals surface area contributed by atoms with E-state index < -0.39 is 9.52 Å². The van der Waals surface area contributed by atoms with Crippen LogP contribution < -0.4 is 0 Å². The molecule has 0 heterocycles. The first-order chi connectivity index (χ1) is 8.08. The summed E-state index contributed by atoms with van der Waals surface area (Å²) >= 11 is 0. The Kier molecular flexibility index (Phi) is 9.08. The van der Waals surface area contributed by atoms with Gasteiger partial charge in [-0.3, -0.25) is 0 Å². The summed E-state index contributed by atoms with van der Waals surface area (Å²) in [5, 5.41) is 0. The normalized spacial score (nSPS) is 16.7. The molecule has 0 aromatic rings. The molecule has 4 heteroatoms. The van der Waals surface area contributed by atoms with E-state index in [2.05, 4.69) is 27.4 Å². The summed E-state index contributed by atoms with van der Waals surface area (Å²) in [5.74, 6) is -0.303. The zero-order chi connectivity index (χ0) is 13.3. The van der Waals surface area contributed by atoms with Crippen molar-refractivity contribution in [1.29, 1.82) is 0 Å². The van der Waals surface area contributed by atoms with Gasteiger partial charge in [-0.05, 0) is 25.8 Å². The molecule has 0 bridgehead atoms. The lowest BCUT2D eigenvalue weighted by Gasteiger charge is -2.26. The zero-order valence-corrected chi connectivity index (χ0v) is 13.0. The summed E-state index contributed by atoms with van der Waals surface area (Å²) in [4.78, 5) is 11.2. The molecule has 3 atom stereocenters. The number of hydrogen-bond donors (Lipinski definition) is 0. The number of rotatable bonds is 9. The third kappa shape index (κ3) is 6.63. The predicted octanol–water partition coefficient (Wildman–Crippen LogP) is 2.24. The van der Waals surface area contributed by atoms with E-state index in [9.17, 15) is 4.79 Å². The summed E-state index contributed by atoms with van der Waals surface area (Å²) in [5.41, 5.74) is 0.672. The molecule has 100 valence electrons. The maximum absolute atomic E-state index is 11.2. The fourth-order valence-electron chi connectivity index (χ4n) is 1.94. The van der Waals surface area contributed by atoms with E-state index in [0.717, 1.165) is 19.4 Å².